The summed E-state index contributed by atoms with van der Waals surface area (Å²) >= 11 is 0. The Kier molecular flexibility index (Phi) is 5.22. The Morgan fingerprint density at radius 2 is 2.00 bits per heavy atom. The number of halogens is 3. The number of alkyl halides is 3. The largest absolute Gasteiger partial charge is 0.476 e. The highest BCUT2D eigenvalue weighted by Gasteiger charge is 2.34. The van der Waals surface area contributed by atoms with Gasteiger partial charge in [0.05, 0.1) is 0 Å². The lowest BCUT2D eigenvalue weighted by molar-refractivity contribution is -0.141. The predicted molar refractivity (Wildman–Crippen MR) is 72.4 cm³/mol. The number of likely N-dealkylation sites (tertiary alicyclic amines) is 1. The van der Waals surface area contributed by atoms with Crippen molar-refractivity contribution >= 4 is 5.95 Å². The maximum atomic E-state index is 12.8. The van der Waals surface area contributed by atoms with Crippen LogP contribution < -0.4 is 10.1 Å². The summed E-state index contributed by atoms with van der Waals surface area (Å²) in [6, 6.07) is 0.838. The van der Waals surface area contributed by atoms with Crippen LogP contribution in [0.1, 0.15) is 25.5 Å². The summed E-state index contributed by atoms with van der Waals surface area (Å²) in [5.74, 6) is -0.115. The average molecular weight is 304 g/mol. The fourth-order valence-corrected chi connectivity index (χ4v) is 2.17. The molecule has 1 N–H and O–H groups in total. The molecule has 0 unspecified atom stereocenters. The molecule has 1 fully saturated rings. The van der Waals surface area contributed by atoms with Gasteiger partial charge in [-0.1, -0.05) is 0 Å². The van der Waals surface area contributed by atoms with Crippen molar-refractivity contribution in [1.29, 1.82) is 0 Å². The predicted octanol–water partition coefficient (Wildman–Crippen LogP) is 2.40. The van der Waals surface area contributed by atoms with E-state index in [9.17, 15) is 13.2 Å². The lowest BCUT2D eigenvalue weighted by Crippen LogP contribution is -2.25. The van der Waals surface area contributed by atoms with Crippen LogP contribution in [0.5, 0.6) is 5.88 Å². The van der Waals surface area contributed by atoms with E-state index in [0.717, 1.165) is 32.0 Å². The summed E-state index contributed by atoms with van der Waals surface area (Å²) in [5, 5.41) is 2.68. The third-order valence-electron chi connectivity index (χ3n) is 3.18. The molecule has 0 aromatic carbocycles. The molecule has 2 rings (SSSR count). The molecule has 5 nitrogen and oxygen atoms in total. The highest BCUT2D eigenvalue weighted by atomic mass is 19.4. The number of anilines is 1. The van der Waals surface area contributed by atoms with Crippen molar-refractivity contribution in [2.24, 2.45) is 0 Å². The summed E-state index contributed by atoms with van der Waals surface area (Å²) in [7, 11) is 0. The number of nitrogens with one attached hydrogen (secondary N) is 1. The van der Waals surface area contributed by atoms with E-state index in [-0.39, 0.29) is 11.8 Å². The van der Waals surface area contributed by atoms with Gasteiger partial charge in [0.1, 0.15) is 6.61 Å². The molecule has 1 aromatic rings. The molecule has 118 valence electrons. The van der Waals surface area contributed by atoms with Crippen molar-refractivity contribution < 1.29 is 17.9 Å². The van der Waals surface area contributed by atoms with Gasteiger partial charge >= 0.3 is 6.18 Å². The quantitative estimate of drug-likeness (QED) is 0.874. The molecule has 2 heterocycles. The average Bonchev–Trinajstić information content (AvgIpc) is 2.91. The maximum Gasteiger partial charge on any atom is 0.433 e. The molecule has 1 aromatic heterocycles. The molecule has 0 aliphatic carbocycles. The lowest BCUT2D eigenvalue weighted by atomic mass is 10.4. The van der Waals surface area contributed by atoms with E-state index in [1.807, 2.05) is 0 Å². The van der Waals surface area contributed by atoms with Gasteiger partial charge in [-0.05, 0) is 32.9 Å². The lowest BCUT2D eigenvalue weighted by Gasteiger charge is -2.15. The van der Waals surface area contributed by atoms with Crippen LogP contribution in [0.25, 0.3) is 0 Å². The van der Waals surface area contributed by atoms with Gasteiger partial charge < -0.3 is 10.1 Å². The normalized spacial score (nSPS) is 16.2. The van der Waals surface area contributed by atoms with Crippen LogP contribution in [0.3, 0.4) is 0 Å². The number of nitrogens with zero attached hydrogens (tertiary/aromatic N) is 3. The van der Waals surface area contributed by atoms with Gasteiger partial charge in [-0.2, -0.15) is 18.2 Å². The molecular formula is C13H19F3N4O. The highest BCUT2D eigenvalue weighted by molar-refractivity contribution is 5.31. The summed E-state index contributed by atoms with van der Waals surface area (Å²) in [5.41, 5.74) is -0.996. The Labute approximate surface area is 121 Å². The summed E-state index contributed by atoms with van der Waals surface area (Å²) < 4.78 is 43.7. The van der Waals surface area contributed by atoms with Crippen molar-refractivity contribution in [3.05, 3.63) is 11.8 Å². The van der Waals surface area contributed by atoms with E-state index in [1.165, 1.54) is 0 Å². The minimum atomic E-state index is -4.51. The zero-order valence-electron chi connectivity index (χ0n) is 11.9. The van der Waals surface area contributed by atoms with E-state index in [2.05, 4.69) is 20.2 Å². The van der Waals surface area contributed by atoms with Crippen molar-refractivity contribution in [2.75, 3.05) is 38.1 Å². The van der Waals surface area contributed by atoms with Crippen LogP contribution in [0.15, 0.2) is 6.07 Å². The molecule has 0 amide bonds. The SMILES string of the molecule is CCNc1nc(OCCN2CCCC2)cc(C(F)(F)F)n1. The van der Waals surface area contributed by atoms with Gasteiger partial charge in [-0.3, -0.25) is 4.90 Å². The maximum absolute atomic E-state index is 12.8. The second-order valence-electron chi connectivity index (χ2n) is 4.84. The smallest absolute Gasteiger partial charge is 0.433 e. The topological polar surface area (TPSA) is 50.3 Å². The Morgan fingerprint density at radius 1 is 1.29 bits per heavy atom. The van der Waals surface area contributed by atoms with Crippen LogP contribution in [0.4, 0.5) is 19.1 Å². The summed E-state index contributed by atoms with van der Waals surface area (Å²) in [6.45, 7) is 5.25. The molecule has 0 saturated carbocycles. The first-order chi connectivity index (χ1) is 9.99. The molecule has 8 heteroatoms. The molecule has 0 atom stereocenters. The third-order valence-corrected chi connectivity index (χ3v) is 3.18. The standard InChI is InChI=1S/C13H19F3N4O/c1-2-17-12-18-10(13(14,15)16)9-11(19-12)21-8-7-20-5-3-4-6-20/h9H,2-8H2,1H3,(H,17,18,19). The molecular weight excluding hydrogens is 285 g/mol. The first-order valence-corrected chi connectivity index (χ1v) is 7.04. The van der Waals surface area contributed by atoms with Crippen molar-refractivity contribution in [1.82, 2.24) is 14.9 Å². The fourth-order valence-electron chi connectivity index (χ4n) is 2.17. The Morgan fingerprint density at radius 3 is 2.62 bits per heavy atom. The van der Waals surface area contributed by atoms with E-state index >= 15 is 0 Å². The molecule has 0 radical (unpaired) electrons. The number of aromatic nitrogens is 2. The Bertz CT molecular complexity index is 461. The highest BCUT2D eigenvalue weighted by Crippen LogP contribution is 2.30. The van der Waals surface area contributed by atoms with E-state index in [0.29, 0.717) is 19.7 Å². The van der Waals surface area contributed by atoms with Gasteiger partial charge in [-0.25, -0.2) is 4.98 Å². The first kappa shape index (κ1) is 15.8. The van der Waals surface area contributed by atoms with Gasteiger partial charge in [0.25, 0.3) is 0 Å². The summed E-state index contributed by atoms with van der Waals surface area (Å²) in [4.78, 5) is 9.60. The van der Waals surface area contributed by atoms with Gasteiger partial charge in [0, 0.05) is 19.2 Å². The van der Waals surface area contributed by atoms with Gasteiger partial charge in [0.15, 0.2) is 5.69 Å². The molecule has 1 aliphatic rings. The molecule has 1 saturated heterocycles. The second-order valence-corrected chi connectivity index (χ2v) is 4.84. The van der Waals surface area contributed by atoms with E-state index in [4.69, 9.17) is 4.74 Å². The van der Waals surface area contributed by atoms with Crippen LogP contribution in [0.2, 0.25) is 0 Å². The number of rotatable bonds is 6. The van der Waals surface area contributed by atoms with Crippen LogP contribution in [-0.4, -0.2) is 47.7 Å². The molecule has 21 heavy (non-hydrogen) atoms. The monoisotopic (exact) mass is 304 g/mol. The van der Waals surface area contributed by atoms with Gasteiger partial charge in [0.2, 0.25) is 11.8 Å². The zero-order chi connectivity index (χ0) is 15.3. The summed E-state index contributed by atoms with van der Waals surface area (Å²) in [6.07, 6.45) is -2.19. The minimum Gasteiger partial charge on any atom is -0.476 e. The number of hydrogen-bond donors (Lipinski definition) is 1. The van der Waals surface area contributed by atoms with Crippen LogP contribution in [0, 0.1) is 0 Å². The molecule has 0 spiro atoms. The second kappa shape index (κ2) is 6.93. The zero-order valence-corrected chi connectivity index (χ0v) is 11.9. The van der Waals surface area contributed by atoms with Crippen molar-refractivity contribution in [3.63, 3.8) is 0 Å². The van der Waals surface area contributed by atoms with E-state index in [1.54, 1.807) is 6.92 Å². The minimum absolute atomic E-state index is 0.0486. The van der Waals surface area contributed by atoms with E-state index < -0.39 is 11.9 Å². The van der Waals surface area contributed by atoms with Crippen LogP contribution in [-0.2, 0) is 6.18 Å². The first-order valence-electron chi connectivity index (χ1n) is 7.04. The Balaban J connectivity index is 2.00. The third kappa shape index (κ3) is 4.73. The molecule has 1 aliphatic heterocycles. The number of hydrogen-bond acceptors (Lipinski definition) is 5. The van der Waals surface area contributed by atoms with Crippen molar-refractivity contribution in [3.8, 4) is 5.88 Å². The molecule has 0 bridgehead atoms. The van der Waals surface area contributed by atoms with Crippen molar-refractivity contribution in [2.45, 2.75) is 25.9 Å². The van der Waals surface area contributed by atoms with Gasteiger partial charge in [-0.15, -0.1) is 0 Å². The fraction of sp³-hybridized carbons (Fsp3) is 0.692. The number of ether oxygens (including phenoxy) is 1. The van der Waals surface area contributed by atoms with Crippen LogP contribution >= 0.6 is 0 Å². The Hall–Kier alpha value is -1.57.